The molecule has 2 N–H and O–H groups in total. The number of hydrogen-bond donors (Lipinski definition) is 1. The third-order valence-corrected chi connectivity index (χ3v) is 5.04. The molecule has 1 atom stereocenters. The van der Waals surface area contributed by atoms with Crippen LogP contribution in [0, 0.1) is 5.41 Å². The number of rotatable bonds is 2. The number of fused-ring (bicyclic) bond motifs is 1. The molecule has 0 saturated carbocycles. The summed E-state index contributed by atoms with van der Waals surface area (Å²) in [7, 11) is 0. The van der Waals surface area contributed by atoms with Crippen LogP contribution in [0.3, 0.4) is 0 Å². The molecule has 0 spiro atoms. The molecule has 1 aromatic carbocycles. The Labute approximate surface area is 126 Å². The van der Waals surface area contributed by atoms with Gasteiger partial charge in [0, 0.05) is 31.5 Å². The highest BCUT2D eigenvalue weighted by molar-refractivity contribution is 5.99. The third-order valence-electron chi connectivity index (χ3n) is 5.04. The average Bonchev–Trinajstić information content (AvgIpc) is 2.55. The number of nitrogens with zero attached hydrogens (tertiary/aromatic N) is 1. The van der Waals surface area contributed by atoms with Crippen molar-refractivity contribution in [1.29, 1.82) is 0 Å². The lowest BCUT2D eigenvalue weighted by molar-refractivity contribution is -0.133. The van der Waals surface area contributed by atoms with Gasteiger partial charge in [0.05, 0.1) is 5.41 Å². The van der Waals surface area contributed by atoms with E-state index in [1.165, 1.54) is 5.56 Å². The summed E-state index contributed by atoms with van der Waals surface area (Å²) >= 11 is 0. The second kappa shape index (κ2) is 5.78. The Hall–Kier alpha value is -1.39. The van der Waals surface area contributed by atoms with Crippen LogP contribution in [0.25, 0.3) is 0 Å². The van der Waals surface area contributed by atoms with Crippen molar-refractivity contribution in [3.63, 3.8) is 0 Å². The molecule has 1 saturated heterocycles. The monoisotopic (exact) mass is 288 g/mol. The van der Waals surface area contributed by atoms with E-state index in [0.29, 0.717) is 19.8 Å². The van der Waals surface area contributed by atoms with Crippen LogP contribution >= 0.6 is 0 Å². The second-order valence-corrected chi connectivity index (χ2v) is 6.29. The van der Waals surface area contributed by atoms with E-state index in [1.807, 2.05) is 17.0 Å². The maximum atomic E-state index is 13.3. The summed E-state index contributed by atoms with van der Waals surface area (Å²) in [5.74, 6) is 0.188. The molecule has 0 radical (unpaired) electrons. The van der Waals surface area contributed by atoms with Crippen molar-refractivity contribution in [3.8, 4) is 0 Å². The standard InChI is InChI=1S/C17H24N2O2/c1-13-6-7-14-4-2-3-5-15(14)19(13)16(20)17(12-18)8-10-21-11-9-17/h2-5,13H,6-12,18H2,1H3. The highest BCUT2D eigenvalue weighted by Crippen LogP contribution is 2.38. The molecule has 4 heteroatoms. The fourth-order valence-corrected chi connectivity index (χ4v) is 3.52. The molecule has 2 heterocycles. The molecule has 1 unspecified atom stereocenters. The van der Waals surface area contributed by atoms with E-state index in [-0.39, 0.29) is 11.9 Å². The van der Waals surface area contributed by atoms with Crippen LogP contribution in [-0.4, -0.2) is 31.7 Å². The van der Waals surface area contributed by atoms with Crippen LogP contribution in [0.2, 0.25) is 0 Å². The largest absolute Gasteiger partial charge is 0.381 e. The first-order valence-electron chi connectivity index (χ1n) is 7.87. The van der Waals surface area contributed by atoms with Crippen LogP contribution in [0.4, 0.5) is 5.69 Å². The van der Waals surface area contributed by atoms with Crippen molar-refractivity contribution in [3.05, 3.63) is 29.8 Å². The number of anilines is 1. The van der Waals surface area contributed by atoms with Gasteiger partial charge in [0.15, 0.2) is 0 Å². The molecule has 1 aromatic rings. The molecular weight excluding hydrogens is 264 g/mol. The van der Waals surface area contributed by atoms with E-state index in [0.717, 1.165) is 31.4 Å². The molecule has 1 fully saturated rings. The molecule has 2 aliphatic rings. The predicted octanol–water partition coefficient (Wildman–Crippen LogP) is 2.11. The topological polar surface area (TPSA) is 55.6 Å². The van der Waals surface area contributed by atoms with Crippen LogP contribution in [0.15, 0.2) is 24.3 Å². The second-order valence-electron chi connectivity index (χ2n) is 6.29. The molecule has 0 aliphatic carbocycles. The van der Waals surface area contributed by atoms with Crippen LogP contribution in [0.1, 0.15) is 31.7 Å². The minimum Gasteiger partial charge on any atom is -0.381 e. The zero-order valence-electron chi connectivity index (χ0n) is 12.7. The van der Waals surface area contributed by atoms with Gasteiger partial charge >= 0.3 is 0 Å². The Balaban J connectivity index is 1.96. The van der Waals surface area contributed by atoms with Gasteiger partial charge in [-0.05, 0) is 44.2 Å². The molecule has 114 valence electrons. The zero-order chi connectivity index (χ0) is 14.9. The van der Waals surface area contributed by atoms with Crippen molar-refractivity contribution in [2.75, 3.05) is 24.7 Å². The van der Waals surface area contributed by atoms with Gasteiger partial charge in [-0.3, -0.25) is 4.79 Å². The summed E-state index contributed by atoms with van der Waals surface area (Å²) in [6, 6.07) is 8.48. The third kappa shape index (κ3) is 2.47. The van der Waals surface area contributed by atoms with Crippen LogP contribution in [0.5, 0.6) is 0 Å². The maximum Gasteiger partial charge on any atom is 0.234 e. The van der Waals surface area contributed by atoms with Crippen molar-refractivity contribution >= 4 is 11.6 Å². The lowest BCUT2D eigenvalue weighted by atomic mass is 9.77. The highest BCUT2D eigenvalue weighted by atomic mass is 16.5. The smallest absolute Gasteiger partial charge is 0.234 e. The van der Waals surface area contributed by atoms with Gasteiger partial charge in [-0.25, -0.2) is 0 Å². The maximum absolute atomic E-state index is 13.3. The average molecular weight is 288 g/mol. The number of carbonyl (C=O) groups excluding carboxylic acids is 1. The summed E-state index contributed by atoms with van der Waals surface area (Å²) in [6.07, 6.45) is 3.52. The lowest BCUT2D eigenvalue weighted by Crippen LogP contribution is -2.54. The van der Waals surface area contributed by atoms with Gasteiger partial charge in [-0.2, -0.15) is 0 Å². The number of nitrogens with two attached hydrogens (primary N) is 1. The van der Waals surface area contributed by atoms with Crippen LogP contribution in [-0.2, 0) is 16.0 Å². The van der Waals surface area contributed by atoms with Crippen molar-refractivity contribution in [2.24, 2.45) is 11.1 Å². The lowest BCUT2D eigenvalue weighted by Gasteiger charge is -2.43. The van der Waals surface area contributed by atoms with Gasteiger partial charge in [0.1, 0.15) is 0 Å². The highest BCUT2D eigenvalue weighted by Gasteiger charge is 2.44. The first-order chi connectivity index (χ1) is 10.2. The summed E-state index contributed by atoms with van der Waals surface area (Å²) in [4.78, 5) is 15.3. The number of para-hydroxylation sites is 1. The summed E-state index contributed by atoms with van der Waals surface area (Å²) in [5.41, 5.74) is 7.90. The van der Waals surface area contributed by atoms with E-state index >= 15 is 0 Å². The molecule has 21 heavy (non-hydrogen) atoms. The van der Waals surface area contributed by atoms with E-state index < -0.39 is 5.41 Å². The first-order valence-corrected chi connectivity index (χ1v) is 7.87. The molecule has 1 amide bonds. The van der Waals surface area contributed by atoms with E-state index in [4.69, 9.17) is 10.5 Å². The number of hydrogen-bond acceptors (Lipinski definition) is 3. The van der Waals surface area contributed by atoms with Gasteiger partial charge in [0.25, 0.3) is 0 Å². The van der Waals surface area contributed by atoms with E-state index in [1.54, 1.807) is 0 Å². The molecule has 2 aliphatic heterocycles. The molecular formula is C17H24N2O2. The SMILES string of the molecule is CC1CCc2ccccc2N1C(=O)C1(CN)CCOCC1. The molecule has 3 rings (SSSR count). The normalized spacial score (nSPS) is 24.5. The van der Waals surface area contributed by atoms with Gasteiger partial charge < -0.3 is 15.4 Å². The predicted molar refractivity (Wildman–Crippen MR) is 83.3 cm³/mol. The van der Waals surface area contributed by atoms with Crippen molar-refractivity contribution in [2.45, 2.75) is 38.6 Å². The summed E-state index contributed by atoms with van der Waals surface area (Å²) in [5, 5.41) is 0. The molecule has 4 nitrogen and oxygen atoms in total. The number of carbonyl (C=O) groups is 1. The molecule has 0 bridgehead atoms. The summed E-state index contributed by atoms with van der Waals surface area (Å²) in [6.45, 7) is 3.80. The Morgan fingerprint density at radius 2 is 2.10 bits per heavy atom. The van der Waals surface area contributed by atoms with E-state index in [2.05, 4.69) is 19.1 Å². The number of ether oxygens (including phenoxy) is 1. The van der Waals surface area contributed by atoms with Crippen molar-refractivity contribution in [1.82, 2.24) is 0 Å². The minimum absolute atomic E-state index is 0.188. The Morgan fingerprint density at radius 3 is 2.81 bits per heavy atom. The summed E-state index contributed by atoms with van der Waals surface area (Å²) < 4.78 is 5.43. The van der Waals surface area contributed by atoms with E-state index in [9.17, 15) is 4.79 Å². The van der Waals surface area contributed by atoms with Gasteiger partial charge in [-0.1, -0.05) is 18.2 Å². The number of benzene rings is 1. The van der Waals surface area contributed by atoms with Gasteiger partial charge in [0.2, 0.25) is 5.91 Å². The number of aryl methyl sites for hydroxylation is 1. The number of amides is 1. The minimum atomic E-state index is -0.447. The quantitative estimate of drug-likeness (QED) is 0.907. The van der Waals surface area contributed by atoms with Crippen molar-refractivity contribution < 1.29 is 9.53 Å². The zero-order valence-corrected chi connectivity index (χ0v) is 12.7. The van der Waals surface area contributed by atoms with Crippen LogP contribution < -0.4 is 10.6 Å². The molecule has 0 aromatic heterocycles. The fourth-order valence-electron chi connectivity index (χ4n) is 3.52. The van der Waals surface area contributed by atoms with Gasteiger partial charge in [-0.15, -0.1) is 0 Å². The first kappa shape index (κ1) is 14.5. The fraction of sp³-hybridized carbons (Fsp3) is 0.588. The Bertz CT molecular complexity index is 523. The Morgan fingerprint density at radius 1 is 1.38 bits per heavy atom. The Kier molecular flexibility index (Phi) is 4.00.